The van der Waals surface area contributed by atoms with Crippen LogP contribution < -0.4 is 9.62 Å². The van der Waals surface area contributed by atoms with Gasteiger partial charge in [-0.15, -0.1) is 0 Å². The number of sulfonamides is 1. The van der Waals surface area contributed by atoms with Crippen molar-refractivity contribution >= 4 is 21.6 Å². The number of ether oxygens (including phenoxy) is 1. The first-order valence-electron chi connectivity index (χ1n) is 8.23. The van der Waals surface area contributed by atoms with Crippen LogP contribution in [0.1, 0.15) is 38.2 Å². The molecule has 0 bridgehead atoms. The van der Waals surface area contributed by atoms with Crippen molar-refractivity contribution in [2.75, 3.05) is 30.3 Å². The fourth-order valence-corrected chi connectivity index (χ4v) is 3.50. The SMILES string of the molecule is CC(C)c1ccc(N(CC(=O)NC[C@@H]2CCCO2)S(C)(=O)=O)cc1. The summed E-state index contributed by atoms with van der Waals surface area (Å²) in [7, 11) is -3.54. The molecule has 24 heavy (non-hydrogen) atoms. The molecule has 1 fully saturated rings. The van der Waals surface area contributed by atoms with Crippen molar-refractivity contribution in [3.8, 4) is 0 Å². The van der Waals surface area contributed by atoms with Crippen LogP contribution >= 0.6 is 0 Å². The van der Waals surface area contributed by atoms with Gasteiger partial charge in [-0.25, -0.2) is 8.42 Å². The van der Waals surface area contributed by atoms with Gasteiger partial charge in [-0.2, -0.15) is 0 Å². The van der Waals surface area contributed by atoms with Gasteiger partial charge < -0.3 is 10.1 Å². The molecule has 0 unspecified atom stereocenters. The predicted molar refractivity (Wildman–Crippen MR) is 94.7 cm³/mol. The Bertz CT molecular complexity index is 650. The lowest BCUT2D eigenvalue weighted by Crippen LogP contribution is -2.42. The van der Waals surface area contributed by atoms with Crippen LogP contribution in [-0.2, 0) is 19.6 Å². The summed E-state index contributed by atoms with van der Waals surface area (Å²) in [6.07, 6.45) is 3.06. The third-order valence-electron chi connectivity index (χ3n) is 4.09. The molecule has 134 valence electrons. The molecule has 1 N–H and O–H groups in total. The highest BCUT2D eigenvalue weighted by molar-refractivity contribution is 7.92. The maximum absolute atomic E-state index is 12.1. The van der Waals surface area contributed by atoms with E-state index in [9.17, 15) is 13.2 Å². The van der Waals surface area contributed by atoms with E-state index in [1.54, 1.807) is 12.1 Å². The average Bonchev–Trinajstić information content (AvgIpc) is 3.03. The number of hydrogen-bond donors (Lipinski definition) is 1. The molecule has 1 aromatic carbocycles. The Morgan fingerprint density at radius 2 is 2.00 bits per heavy atom. The highest BCUT2D eigenvalue weighted by Gasteiger charge is 2.22. The second-order valence-corrected chi connectivity index (χ2v) is 8.36. The van der Waals surface area contributed by atoms with E-state index in [1.807, 2.05) is 12.1 Å². The lowest BCUT2D eigenvalue weighted by molar-refractivity contribution is -0.120. The first-order chi connectivity index (χ1) is 11.3. The molecule has 7 heteroatoms. The van der Waals surface area contributed by atoms with E-state index in [-0.39, 0.29) is 18.6 Å². The topological polar surface area (TPSA) is 75.7 Å². The zero-order chi connectivity index (χ0) is 17.7. The number of amides is 1. The Morgan fingerprint density at radius 3 is 2.50 bits per heavy atom. The Labute approximate surface area is 144 Å². The van der Waals surface area contributed by atoms with E-state index >= 15 is 0 Å². The molecule has 6 nitrogen and oxygen atoms in total. The van der Waals surface area contributed by atoms with E-state index in [0.717, 1.165) is 35.6 Å². The maximum atomic E-state index is 12.1. The Morgan fingerprint density at radius 1 is 1.33 bits per heavy atom. The number of nitrogens with one attached hydrogen (secondary N) is 1. The minimum Gasteiger partial charge on any atom is -0.376 e. The van der Waals surface area contributed by atoms with Crippen LogP contribution in [0.5, 0.6) is 0 Å². The molecule has 1 aliphatic rings. The zero-order valence-corrected chi connectivity index (χ0v) is 15.3. The molecule has 0 spiro atoms. The Balaban J connectivity index is 2.03. The Hall–Kier alpha value is -1.60. The summed E-state index contributed by atoms with van der Waals surface area (Å²) in [5.74, 6) is 0.0318. The van der Waals surface area contributed by atoms with Crippen molar-refractivity contribution in [1.29, 1.82) is 0 Å². The molecule has 1 aliphatic heterocycles. The molecular weight excluding hydrogens is 328 g/mol. The minimum absolute atomic E-state index is 0.0333. The monoisotopic (exact) mass is 354 g/mol. The maximum Gasteiger partial charge on any atom is 0.240 e. The number of carbonyl (C=O) groups is 1. The minimum atomic E-state index is -3.54. The molecule has 1 heterocycles. The third kappa shape index (κ3) is 5.21. The molecule has 1 amide bonds. The van der Waals surface area contributed by atoms with Crippen molar-refractivity contribution in [3.05, 3.63) is 29.8 Å². The van der Waals surface area contributed by atoms with Crippen LogP contribution in [0.15, 0.2) is 24.3 Å². The number of hydrogen-bond acceptors (Lipinski definition) is 4. The lowest BCUT2D eigenvalue weighted by atomic mass is 10.0. The fraction of sp³-hybridized carbons (Fsp3) is 0.588. The molecule has 1 atom stereocenters. The van der Waals surface area contributed by atoms with Crippen LogP contribution in [0, 0.1) is 0 Å². The number of rotatable bonds is 7. The molecule has 1 saturated heterocycles. The van der Waals surface area contributed by atoms with Gasteiger partial charge in [0, 0.05) is 13.2 Å². The lowest BCUT2D eigenvalue weighted by Gasteiger charge is -2.22. The summed E-state index contributed by atoms with van der Waals surface area (Å²) < 4.78 is 30.7. The first kappa shape index (κ1) is 18.7. The fourth-order valence-electron chi connectivity index (χ4n) is 2.64. The number of nitrogens with zero attached hydrogens (tertiary/aromatic N) is 1. The standard InChI is InChI=1S/C17H26N2O4S/c1-13(2)14-6-8-15(9-7-14)19(24(3,21)22)12-17(20)18-11-16-5-4-10-23-16/h6-9,13,16H,4-5,10-12H2,1-3H3,(H,18,20)/t16-/m0/s1. The van der Waals surface area contributed by atoms with Gasteiger partial charge >= 0.3 is 0 Å². The number of carbonyl (C=O) groups excluding carboxylic acids is 1. The number of anilines is 1. The second-order valence-electron chi connectivity index (χ2n) is 6.45. The highest BCUT2D eigenvalue weighted by atomic mass is 32.2. The first-order valence-corrected chi connectivity index (χ1v) is 10.1. The molecule has 2 rings (SSSR count). The second kappa shape index (κ2) is 7.98. The van der Waals surface area contributed by atoms with E-state index in [2.05, 4.69) is 19.2 Å². The van der Waals surface area contributed by atoms with Crippen LogP contribution in [0.4, 0.5) is 5.69 Å². The van der Waals surface area contributed by atoms with Gasteiger partial charge in [0.15, 0.2) is 0 Å². The van der Waals surface area contributed by atoms with Gasteiger partial charge in [0.25, 0.3) is 0 Å². The molecule has 0 aromatic heterocycles. The van der Waals surface area contributed by atoms with Crippen LogP contribution in [0.3, 0.4) is 0 Å². The van der Waals surface area contributed by atoms with Crippen LogP contribution in [-0.4, -0.2) is 46.4 Å². The largest absolute Gasteiger partial charge is 0.376 e. The quantitative estimate of drug-likeness (QED) is 0.811. The zero-order valence-electron chi connectivity index (χ0n) is 14.5. The molecule has 1 aromatic rings. The van der Waals surface area contributed by atoms with Gasteiger partial charge in [-0.1, -0.05) is 26.0 Å². The van der Waals surface area contributed by atoms with Crippen molar-refractivity contribution in [2.45, 2.75) is 38.7 Å². The molecule has 0 saturated carbocycles. The van der Waals surface area contributed by atoms with Crippen LogP contribution in [0.25, 0.3) is 0 Å². The summed E-state index contributed by atoms with van der Waals surface area (Å²) in [6.45, 7) is 5.05. The average molecular weight is 354 g/mol. The number of benzene rings is 1. The highest BCUT2D eigenvalue weighted by Crippen LogP contribution is 2.21. The van der Waals surface area contributed by atoms with Crippen molar-refractivity contribution < 1.29 is 17.9 Å². The van der Waals surface area contributed by atoms with Gasteiger partial charge in [-0.05, 0) is 36.5 Å². The molecule has 0 radical (unpaired) electrons. The summed E-state index contributed by atoms with van der Waals surface area (Å²) in [5.41, 5.74) is 1.62. The van der Waals surface area contributed by atoms with E-state index in [0.29, 0.717) is 18.2 Å². The smallest absolute Gasteiger partial charge is 0.240 e. The normalized spacial score (nSPS) is 17.9. The summed E-state index contributed by atoms with van der Waals surface area (Å²) in [4.78, 5) is 12.1. The Kier molecular flexibility index (Phi) is 6.23. The predicted octanol–water partition coefficient (Wildman–Crippen LogP) is 1.87. The molecule has 0 aliphatic carbocycles. The van der Waals surface area contributed by atoms with Gasteiger partial charge in [0.05, 0.1) is 18.0 Å². The van der Waals surface area contributed by atoms with Crippen molar-refractivity contribution in [3.63, 3.8) is 0 Å². The van der Waals surface area contributed by atoms with E-state index in [4.69, 9.17) is 4.74 Å². The summed E-state index contributed by atoms with van der Waals surface area (Å²) in [5, 5.41) is 2.76. The molecular formula is C17H26N2O4S. The van der Waals surface area contributed by atoms with Crippen LogP contribution in [0.2, 0.25) is 0 Å². The third-order valence-corrected chi connectivity index (χ3v) is 5.23. The van der Waals surface area contributed by atoms with Gasteiger partial charge in [-0.3, -0.25) is 9.10 Å². The summed E-state index contributed by atoms with van der Waals surface area (Å²) in [6, 6.07) is 7.26. The van der Waals surface area contributed by atoms with E-state index in [1.165, 1.54) is 0 Å². The van der Waals surface area contributed by atoms with E-state index < -0.39 is 10.0 Å². The van der Waals surface area contributed by atoms with Crippen molar-refractivity contribution in [1.82, 2.24) is 5.32 Å². The van der Waals surface area contributed by atoms with Gasteiger partial charge in [0.2, 0.25) is 15.9 Å². The van der Waals surface area contributed by atoms with Crippen molar-refractivity contribution in [2.24, 2.45) is 0 Å². The van der Waals surface area contributed by atoms with Gasteiger partial charge in [0.1, 0.15) is 6.54 Å². The summed E-state index contributed by atoms with van der Waals surface area (Å²) >= 11 is 0.